The molecule has 4 nitrogen and oxygen atoms in total. The number of nitrogens with one attached hydrogen (secondary N) is 2. The van der Waals surface area contributed by atoms with E-state index >= 15 is 0 Å². The Morgan fingerprint density at radius 1 is 1.11 bits per heavy atom. The summed E-state index contributed by atoms with van der Waals surface area (Å²) >= 11 is 0. The molecular formula is C21H27ClFN3O. The van der Waals surface area contributed by atoms with E-state index in [2.05, 4.69) is 10.6 Å². The van der Waals surface area contributed by atoms with E-state index in [0.29, 0.717) is 0 Å². The Hall–Kier alpha value is -2.11. The molecule has 1 aliphatic rings. The number of hydrogen-bond donors (Lipinski definition) is 2. The molecule has 1 heterocycles. The number of aryl methyl sites for hydroxylation is 1. The Bertz CT molecular complexity index is 696. The highest BCUT2D eigenvalue weighted by Crippen LogP contribution is 2.16. The van der Waals surface area contributed by atoms with Crippen LogP contribution in [0.2, 0.25) is 0 Å². The van der Waals surface area contributed by atoms with Gasteiger partial charge in [-0.3, -0.25) is 0 Å². The normalized spacial score (nSPS) is 16.5. The summed E-state index contributed by atoms with van der Waals surface area (Å²) in [5.41, 5.74) is 1.98. The lowest BCUT2D eigenvalue weighted by Gasteiger charge is -2.36. The van der Waals surface area contributed by atoms with Crippen molar-refractivity contribution in [3.63, 3.8) is 0 Å². The second kappa shape index (κ2) is 10.9. The first-order valence-electron chi connectivity index (χ1n) is 9.30. The Morgan fingerprint density at radius 3 is 2.59 bits per heavy atom. The van der Waals surface area contributed by atoms with Gasteiger partial charge in [0.05, 0.1) is 0 Å². The lowest BCUT2D eigenvalue weighted by atomic mass is 10.0. The van der Waals surface area contributed by atoms with Crippen LogP contribution < -0.4 is 10.6 Å². The predicted octanol–water partition coefficient (Wildman–Crippen LogP) is 4.47. The number of carbonyl (C=O) groups is 1. The topological polar surface area (TPSA) is 44.4 Å². The SMILES string of the molecule is Cl.O=C(Nc1ccccc1)N1CCNCC1CCCCc1ccc(F)cc1. The fourth-order valence-electron chi connectivity index (χ4n) is 3.36. The molecule has 2 aromatic rings. The molecule has 2 N–H and O–H groups in total. The van der Waals surface area contributed by atoms with Crippen LogP contribution in [0.1, 0.15) is 24.8 Å². The standard InChI is InChI=1S/C21H26FN3O.ClH/c22-18-12-10-17(11-13-18)6-4-5-9-20-16-23-14-15-25(20)21(26)24-19-7-2-1-3-8-19;/h1-3,7-8,10-13,20,23H,4-6,9,14-16H2,(H,24,26);1H. The van der Waals surface area contributed by atoms with Gasteiger partial charge < -0.3 is 15.5 Å². The molecule has 0 radical (unpaired) electrons. The number of urea groups is 1. The minimum atomic E-state index is -0.192. The maximum Gasteiger partial charge on any atom is 0.322 e. The van der Waals surface area contributed by atoms with E-state index in [1.165, 1.54) is 12.1 Å². The number of carbonyl (C=O) groups excluding carboxylic acids is 1. The van der Waals surface area contributed by atoms with E-state index in [-0.39, 0.29) is 30.3 Å². The van der Waals surface area contributed by atoms with Crippen LogP contribution >= 0.6 is 12.4 Å². The summed E-state index contributed by atoms with van der Waals surface area (Å²) in [6.45, 7) is 2.38. The summed E-state index contributed by atoms with van der Waals surface area (Å²) < 4.78 is 12.9. The zero-order valence-electron chi connectivity index (χ0n) is 15.4. The molecule has 3 rings (SSSR count). The van der Waals surface area contributed by atoms with Crippen molar-refractivity contribution in [1.82, 2.24) is 10.2 Å². The van der Waals surface area contributed by atoms with E-state index in [9.17, 15) is 9.18 Å². The molecule has 0 bridgehead atoms. The van der Waals surface area contributed by atoms with Crippen LogP contribution in [-0.4, -0.2) is 36.6 Å². The van der Waals surface area contributed by atoms with Crippen molar-refractivity contribution < 1.29 is 9.18 Å². The number of amides is 2. The number of hydrogen-bond acceptors (Lipinski definition) is 2. The Kier molecular flexibility index (Phi) is 8.55. The number of halogens is 2. The van der Waals surface area contributed by atoms with Gasteiger partial charge in [-0.05, 0) is 49.1 Å². The molecule has 0 aliphatic carbocycles. The molecule has 146 valence electrons. The number of rotatable bonds is 6. The van der Waals surface area contributed by atoms with Crippen LogP contribution in [0.4, 0.5) is 14.9 Å². The Morgan fingerprint density at radius 2 is 1.85 bits per heavy atom. The van der Waals surface area contributed by atoms with Crippen molar-refractivity contribution in [2.45, 2.75) is 31.7 Å². The highest BCUT2D eigenvalue weighted by Gasteiger charge is 2.26. The summed E-state index contributed by atoms with van der Waals surface area (Å²) in [4.78, 5) is 14.6. The Balaban J connectivity index is 0.00000261. The van der Waals surface area contributed by atoms with Gasteiger partial charge in [-0.2, -0.15) is 0 Å². The van der Waals surface area contributed by atoms with Crippen molar-refractivity contribution in [1.29, 1.82) is 0 Å². The van der Waals surface area contributed by atoms with Crippen molar-refractivity contribution in [3.8, 4) is 0 Å². The van der Waals surface area contributed by atoms with Crippen LogP contribution in [0.15, 0.2) is 54.6 Å². The molecule has 1 unspecified atom stereocenters. The number of nitrogens with zero attached hydrogens (tertiary/aromatic N) is 1. The fraction of sp³-hybridized carbons (Fsp3) is 0.381. The monoisotopic (exact) mass is 391 g/mol. The fourth-order valence-corrected chi connectivity index (χ4v) is 3.36. The number of anilines is 1. The van der Waals surface area contributed by atoms with Crippen LogP contribution in [0, 0.1) is 5.82 Å². The predicted molar refractivity (Wildman–Crippen MR) is 110 cm³/mol. The van der Waals surface area contributed by atoms with Crippen molar-refractivity contribution in [2.75, 3.05) is 25.0 Å². The lowest BCUT2D eigenvalue weighted by Crippen LogP contribution is -2.54. The van der Waals surface area contributed by atoms with E-state index in [1.54, 1.807) is 0 Å². The van der Waals surface area contributed by atoms with Gasteiger partial charge in [0.15, 0.2) is 0 Å². The molecule has 1 aliphatic heterocycles. The van der Waals surface area contributed by atoms with Crippen LogP contribution in [0.3, 0.4) is 0 Å². The minimum absolute atomic E-state index is 0. The second-order valence-electron chi connectivity index (χ2n) is 6.72. The minimum Gasteiger partial charge on any atom is -0.319 e. The van der Waals surface area contributed by atoms with Crippen LogP contribution in [0.25, 0.3) is 0 Å². The maximum atomic E-state index is 12.9. The van der Waals surface area contributed by atoms with Gasteiger partial charge in [0.2, 0.25) is 0 Å². The Labute approximate surface area is 166 Å². The van der Waals surface area contributed by atoms with Crippen LogP contribution in [0.5, 0.6) is 0 Å². The summed E-state index contributed by atoms with van der Waals surface area (Å²) in [5, 5.41) is 6.37. The summed E-state index contributed by atoms with van der Waals surface area (Å²) in [6.07, 6.45) is 3.99. The van der Waals surface area contributed by atoms with E-state index in [4.69, 9.17) is 0 Å². The number of piperazine rings is 1. The van der Waals surface area contributed by atoms with Crippen molar-refractivity contribution >= 4 is 24.1 Å². The van der Waals surface area contributed by atoms with Gasteiger partial charge in [0, 0.05) is 31.4 Å². The zero-order chi connectivity index (χ0) is 18.2. The molecule has 2 amide bonds. The second-order valence-corrected chi connectivity index (χ2v) is 6.72. The first-order valence-corrected chi connectivity index (χ1v) is 9.30. The van der Waals surface area contributed by atoms with Crippen molar-refractivity contribution in [3.05, 3.63) is 66.0 Å². The highest BCUT2D eigenvalue weighted by atomic mass is 35.5. The molecule has 0 aromatic heterocycles. The lowest BCUT2D eigenvalue weighted by molar-refractivity contribution is 0.164. The third-order valence-corrected chi connectivity index (χ3v) is 4.80. The number of para-hydroxylation sites is 1. The largest absolute Gasteiger partial charge is 0.322 e. The molecular weight excluding hydrogens is 365 g/mol. The van der Waals surface area contributed by atoms with Gasteiger partial charge in [0.25, 0.3) is 0 Å². The highest BCUT2D eigenvalue weighted by molar-refractivity contribution is 5.89. The molecule has 2 aromatic carbocycles. The van der Waals surface area contributed by atoms with Gasteiger partial charge in [-0.25, -0.2) is 9.18 Å². The molecule has 1 atom stereocenters. The maximum absolute atomic E-state index is 12.9. The average Bonchev–Trinajstić information content (AvgIpc) is 2.68. The van der Waals surface area contributed by atoms with Crippen molar-refractivity contribution in [2.24, 2.45) is 0 Å². The van der Waals surface area contributed by atoms with E-state index < -0.39 is 0 Å². The molecule has 27 heavy (non-hydrogen) atoms. The smallest absolute Gasteiger partial charge is 0.319 e. The summed E-state index contributed by atoms with van der Waals surface area (Å²) in [7, 11) is 0. The van der Waals surface area contributed by atoms with Gasteiger partial charge >= 0.3 is 6.03 Å². The van der Waals surface area contributed by atoms with Crippen LogP contribution in [-0.2, 0) is 6.42 Å². The van der Waals surface area contributed by atoms with Gasteiger partial charge in [0.1, 0.15) is 5.82 Å². The van der Waals surface area contributed by atoms with Gasteiger partial charge in [-0.1, -0.05) is 36.8 Å². The third kappa shape index (κ3) is 6.52. The third-order valence-electron chi connectivity index (χ3n) is 4.80. The molecule has 0 saturated carbocycles. The quantitative estimate of drug-likeness (QED) is 0.714. The molecule has 1 fully saturated rings. The molecule has 6 heteroatoms. The number of unbranched alkanes of at least 4 members (excludes halogenated alkanes) is 1. The zero-order valence-corrected chi connectivity index (χ0v) is 16.2. The first kappa shape index (κ1) is 21.2. The molecule has 1 saturated heterocycles. The van der Waals surface area contributed by atoms with E-state index in [1.807, 2.05) is 47.4 Å². The first-order chi connectivity index (χ1) is 12.7. The van der Waals surface area contributed by atoms with Gasteiger partial charge in [-0.15, -0.1) is 12.4 Å². The molecule has 0 spiro atoms. The summed E-state index contributed by atoms with van der Waals surface area (Å²) in [5.74, 6) is -0.192. The summed E-state index contributed by atoms with van der Waals surface area (Å²) in [6, 6.07) is 16.5. The van der Waals surface area contributed by atoms with E-state index in [0.717, 1.165) is 56.6 Å². The average molecular weight is 392 g/mol. The number of benzene rings is 2.